The summed E-state index contributed by atoms with van der Waals surface area (Å²) in [5, 5.41) is 19.9. The Bertz CT molecular complexity index is 2130. The van der Waals surface area contributed by atoms with Crippen molar-refractivity contribution in [3.05, 3.63) is 96.7 Å². The van der Waals surface area contributed by atoms with Crippen LogP contribution in [0.5, 0.6) is 5.75 Å². The van der Waals surface area contributed by atoms with Gasteiger partial charge in [-0.1, -0.05) is 36.4 Å². The molecule has 12 heteroatoms. The molecule has 250 valence electrons. The number of hydrogen-bond donors (Lipinski definition) is 1. The Kier molecular flexibility index (Phi) is 9.05. The zero-order valence-corrected chi connectivity index (χ0v) is 27.6. The second-order valence-electron chi connectivity index (χ2n) is 12.0. The topological polar surface area (TPSA) is 138 Å². The van der Waals surface area contributed by atoms with E-state index in [9.17, 15) is 23.6 Å². The molecule has 0 atom stereocenters. The Morgan fingerprint density at radius 2 is 1.65 bits per heavy atom. The molecule has 2 fully saturated rings. The molecule has 5 aromatic rings. The van der Waals surface area contributed by atoms with Gasteiger partial charge in [0.05, 0.1) is 29.4 Å². The number of nitrogens with zero attached hydrogens (tertiary/aromatic N) is 5. The van der Waals surface area contributed by atoms with Gasteiger partial charge < -0.3 is 24.4 Å². The Labute approximate surface area is 284 Å². The Morgan fingerprint density at radius 1 is 0.939 bits per heavy atom. The molecular formula is C37H35N5O6S. The van der Waals surface area contributed by atoms with Crippen LogP contribution in [0.2, 0.25) is 0 Å². The van der Waals surface area contributed by atoms with Crippen molar-refractivity contribution >= 4 is 32.7 Å². The van der Waals surface area contributed by atoms with Crippen LogP contribution in [0.25, 0.3) is 33.4 Å². The summed E-state index contributed by atoms with van der Waals surface area (Å²) < 4.78 is 41.5. The lowest BCUT2D eigenvalue weighted by atomic mass is 10.0. The maximum atomic E-state index is 14.3. The first kappa shape index (κ1) is 32.3. The van der Waals surface area contributed by atoms with Crippen molar-refractivity contribution in [2.75, 3.05) is 50.9 Å². The molecule has 7 rings (SSSR count). The Hall–Kier alpha value is -5.22. The highest BCUT2D eigenvalue weighted by molar-refractivity contribution is 7.90. The quantitative estimate of drug-likeness (QED) is 0.248. The predicted octanol–water partition coefficient (Wildman–Crippen LogP) is 4.68. The van der Waals surface area contributed by atoms with Crippen LogP contribution in [0, 0.1) is 11.3 Å². The SMILES string of the molecule is N#Cc1cc(-c2ccnc3c2cc(-c2ccc(N4CCN(C(=O)CO)CC4)cc2)n3S(=O)(=O)c2ccccc2)ccc1OC1CCOCC1. The zero-order valence-electron chi connectivity index (χ0n) is 26.7. The number of rotatable bonds is 8. The van der Waals surface area contributed by atoms with Gasteiger partial charge in [0.15, 0.2) is 5.65 Å². The molecular weight excluding hydrogens is 643 g/mol. The number of pyridine rings is 1. The van der Waals surface area contributed by atoms with Crippen LogP contribution in [0.1, 0.15) is 18.4 Å². The van der Waals surface area contributed by atoms with E-state index in [0.717, 1.165) is 29.7 Å². The fourth-order valence-corrected chi connectivity index (χ4v) is 7.99. The average Bonchev–Trinajstić information content (AvgIpc) is 3.57. The fourth-order valence-electron chi connectivity index (χ4n) is 6.49. The zero-order chi connectivity index (χ0) is 34.0. The van der Waals surface area contributed by atoms with Crippen molar-refractivity contribution in [2.45, 2.75) is 23.8 Å². The van der Waals surface area contributed by atoms with E-state index in [4.69, 9.17) is 9.47 Å². The molecule has 1 N–H and O–H groups in total. The van der Waals surface area contributed by atoms with Gasteiger partial charge in [-0.25, -0.2) is 17.4 Å². The molecule has 11 nitrogen and oxygen atoms in total. The summed E-state index contributed by atoms with van der Waals surface area (Å²) in [7, 11) is -4.08. The second-order valence-corrected chi connectivity index (χ2v) is 13.8. The van der Waals surface area contributed by atoms with E-state index in [1.807, 2.05) is 42.5 Å². The molecule has 0 spiro atoms. The van der Waals surface area contributed by atoms with Gasteiger partial charge in [0.2, 0.25) is 5.91 Å². The number of aliphatic hydroxyl groups excluding tert-OH is 1. The van der Waals surface area contributed by atoms with Crippen LogP contribution < -0.4 is 9.64 Å². The standard InChI is InChI=1S/C37H35N5O6S/c38-24-28-22-27(8-11-35(28)48-30-13-20-47-21-14-30)32-12-15-39-37-33(32)23-34(42(37)49(45,46)31-4-2-1-3-5-31)26-6-9-29(10-7-26)40-16-18-41(19-17-40)36(44)25-43/h1-12,15,22-23,30,43H,13-14,16-21,25H2. The highest BCUT2D eigenvalue weighted by atomic mass is 32.2. The molecule has 2 aromatic heterocycles. The molecule has 2 aliphatic rings. The van der Waals surface area contributed by atoms with E-state index < -0.39 is 16.6 Å². The van der Waals surface area contributed by atoms with E-state index in [1.165, 1.54) is 3.97 Å². The molecule has 0 bridgehead atoms. The number of benzene rings is 3. The van der Waals surface area contributed by atoms with Crippen LogP contribution in [-0.2, 0) is 19.6 Å². The number of aliphatic hydroxyl groups is 1. The van der Waals surface area contributed by atoms with Crippen LogP contribution in [-0.4, -0.2) is 85.4 Å². The van der Waals surface area contributed by atoms with Crippen molar-refractivity contribution < 1.29 is 27.8 Å². The minimum atomic E-state index is -4.08. The monoisotopic (exact) mass is 677 g/mol. The summed E-state index contributed by atoms with van der Waals surface area (Å²) >= 11 is 0. The van der Waals surface area contributed by atoms with Crippen LogP contribution >= 0.6 is 0 Å². The van der Waals surface area contributed by atoms with E-state index in [1.54, 1.807) is 53.6 Å². The third-order valence-electron chi connectivity index (χ3n) is 9.11. The summed E-state index contributed by atoms with van der Waals surface area (Å²) in [5.74, 6) is 0.230. The lowest BCUT2D eigenvalue weighted by molar-refractivity contribution is -0.134. The van der Waals surface area contributed by atoms with Crippen LogP contribution in [0.3, 0.4) is 0 Å². The van der Waals surface area contributed by atoms with Gasteiger partial charge in [-0.3, -0.25) is 4.79 Å². The first-order valence-electron chi connectivity index (χ1n) is 16.2. The lowest BCUT2D eigenvalue weighted by Crippen LogP contribution is -2.49. The van der Waals surface area contributed by atoms with Crippen LogP contribution in [0.4, 0.5) is 5.69 Å². The van der Waals surface area contributed by atoms with E-state index in [0.29, 0.717) is 67.3 Å². The molecule has 49 heavy (non-hydrogen) atoms. The van der Waals surface area contributed by atoms with Gasteiger partial charge in [0, 0.05) is 56.3 Å². The summed E-state index contributed by atoms with van der Waals surface area (Å²) in [6, 6.07) is 27.3. The number of fused-ring (bicyclic) bond motifs is 1. The van der Waals surface area contributed by atoms with Gasteiger partial charge in [0.25, 0.3) is 10.0 Å². The van der Waals surface area contributed by atoms with Gasteiger partial charge in [-0.2, -0.15) is 5.26 Å². The van der Waals surface area contributed by atoms with E-state index >= 15 is 0 Å². The minimum Gasteiger partial charge on any atom is -0.489 e. The molecule has 2 aliphatic heterocycles. The number of nitriles is 1. The maximum Gasteiger partial charge on any atom is 0.269 e. The molecule has 0 aliphatic carbocycles. The Balaban J connectivity index is 1.29. The fraction of sp³-hybridized carbons (Fsp3) is 0.270. The number of ether oxygens (including phenoxy) is 2. The van der Waals surface area contributed by atoms with Gasteiger partial charge >= 0.3 is 0 Å². The van der Waals surface area contributed by atoms with Crippen LogP contribution in [0.15, 0.2) is 96.0 Å². The average molecular weight is 678 g/mol. The molecule has 2 saturated heterocycles. The van der Waals surface area contributed by atoms with E-state index in [-0.39, 0.29) is 22.6 Å². The van der Waals surface area contributed by atoms with Gasteiger partial charge in [-0.15, -0.1) is 0 Å². The number of anilines is 1. The van der Waals surface area contributed by atoms with Crippen molar-refractivity contribution in [1.82, 2.24) is 13.9 Å². The van der Waals surface area contributed by atoms with Gasteiger partial charge in [-0.05, 0) is 65.2 Å². The molecule has 0 saturated carbocycles. The molecule has 0 radical (unpaired) electrons. The lowest BCUT2D eigenvalue weighted by Gasteiger charge is -2.36. The summed E-state index contributed by atoms with van der Waals surface area (Å²) in [5.41, 5.74) is 4.20. The number of amides is 1. The predicted molar refractivity (Wildman–Crippen MR) is 185 cm³/mol. The number of aromatic nitrogens is 2. The van der Waals surface area contributed by atoms with Gasteiger partial charge in [0.1, 0.15) is 24.5 Å². The summed E-state index contributed by atoms with van der Waals surface area (Å²) in [6.45, 7) is 3.00. The van der Waals surface area contributed by atoms with Crippen molar-refractivity contribution in [2.24, 2.45) is 0 Å². The first-order chi connectivity index (χ1) is 23.9. The molecule has 1 amide bonds. The minimum absolute atomic E-state index is 0.0226. The highest BCUT2D eigenvalue weighted by Gasteiger charge is 2.27. The number of carbonyl (C=O) groups is 1. The summed E-state index contributed by atoms with van der Waals surface area (Å²) in [4.78, 5) is 20.4. The smallest absolute Gasteiger partial charge is 0.269 e. The third-order valence-corrected chi connectivity index (χ3v) is 10.8. The first-order valence-corrected chi connectivity index (χ1v) is 17.7. The highest BCUT2D eigenvalue weighted by Crippen LogP contribution is 2.38. The number of carbonyl (C=O) groups excluding carboxylic acids is 1. The molecule has 3 aromatic carbocycles. The second kappa shape index (κ2) is 13.7. The maximum absolute atomic E-state index is 14.3. The van der Waals surface area contributed by atoms with E-state index in [2.05, 4.69) is 16.0 Å². The third kappa shape index (κ3) is 6.36. The molecule has 0 unspecified atom stereocenters. The largest absolute Gasteiger partial charge is 0.489 e. The normalized spacial score (nSPS) is 15.7. The van der Waals surface area contributed by atoms with Crippen molar-refractivity contribution in [1.29, 1.82) is 5.26 Å². The summed E-state index contributed by atoms with van der Waals surface area (Å²) in [6.07, 6.45) is 3.08. The van der Waals surface area contributed by atoms with Crippen molar-refractivity contribution in [3.63, 3.8) is 0 Å². The molecule has 4 heterocycles. The number of piperazine rings is 1. The number of hydrogen-bond acceptors (Lipinski definition) is 9. The van der Waals surface area contributed by atoms with Crippen molar-refractivity contribution in [3.8, 4) is 34.2 Å². The Morgan fingerprint density at radius 3 is 2.35 bits per heavy atom.